The average molecular weight is 441 g/mol. The molecule has 11 heteroatoms. The van der Waals surface area contributed by atoms with Crippen LogP contribution in [0.1, 0.15) is 19.4 Å². The number of anilines is 2. The lowest BCUT2D eigenvalue weighted by Crippen LogP contribution is -2.45. The molecule has 0 bridgehead atoms. The van der Waals surface area contributed by atoms with E-state index in [-0.39, 0.29) is 29.1 Å². The van der Waals surface area contributed by atoms with Gasteiger partial charge in [-0.05, 0) is 38.5 Å². The van der Waals surface area contributed by atoms with Gasteiger partial charge in [0.15, 0.2) is 0 Å². The fraction of sp³-hybridized carbons (Fsp3) is 0.368. The largest absolute Gasteiger partial charge is 0.372 e. The molecule has 1 N–H and O–H groups in total. The maximum atomic E-state index is 14.7. The van der Waals surface area contributed by atoms with Crippen LogP contribution in [0.15, 0.2) is 35.2 Å². The average Bonchev–Trinajstić information content (AvgIpc) is 2.62. The van der Waals surface area contributed by atoms with Crippen LogP contribution in [0.4, 0.5) is 25.8 Å². The second-order valence-electron chi connectivity index (χ2n) is 7.27. The van der Waals surface area contributed by atoms with E-state index in [0.29, 0.717) is 19.2 Å². The molecule has 0 amide bonds. The number of benzene rings is 2. The summed E-state index contributed by atoms with van der Waals surface area (Å²) in [6.45, 7) is 5.92. The molecule has 2 unspecified atom stereocenters. The molecule has 0 saturated carbocycles. The van der Waals surface area contributed by atoms with Gasteiger partial charge in [0, 0.05) is 31.3 Å². The van der Waals surface area contributed by atoms with E-state index in [4.69, 9.17) is 4.74 Å². The fourth-order valence-corrected chi connectivity index (χ4v) is 4.65. The van der Waals surface area contributed by atoms with Gasteiger partial charge in [-0.2, -0.15) is 0 Å². The van der Waals surface area contributed by atoms with Gasteiger partial charge in [0.2, 0.25) is 0 Å². The molecule has 2 aromatic rings. The van der Waals surface area contributed by atoms with Gasteiger partial charge in [-0.1, -0.05) is 0 Å². The molecule has 1 aliphatic heterocycles. The van der Waals surface area contributed by atoms with Crippen molar-refractivity contribution in [1.82, 2.24) is 0 Å². The fourth-order valence-electron chi connectivity index (χ4n) is 3.43. The third-order valence-electron chi connectivity index (χ3n) is 4.67. The minimum atomic E-state index is -4.52. The van der Waals surface area contributed by atoms with Crippen molar-refractivity contribution in [2.24, 2.45) is 0 Å². The van der Waals surface area contributed by atoms with Gasteiger partial charge in [-0.15, -0.1) is 0 Å². The first-order chi connectivity index (χ1) is 14.0. The highest BCUT2D eigenvalue weighted by atomic mass is 32.2. The van der Waals surface area contributed by atoms with Crippen molar-refractivity contribution in [1.29, 1.82) is 0 Å². The van der Waals surface area contributed by atoms with Crippen LogP contribution in [-0.2, 0) is 14.8 Å². The third-order valence-corrected chi connectivity index (χ3v) is 6.05. The smallest absolute Gasteiger partial charge is 0.271 e. The van der Waals surface area contributed by atoms with E-state index in [0.717, 1.165) is 12.1 Å². The van der Waals surface area contributed by atoms with Gasteiger partial charge in [0.1, 0.15) is 16.5 Å². The number of morpholine rings is 1. The molecule has 0 aliphatic carbocycles. The van der Waals surface area contributed by atoms with Gasteiger partial charge < -0.3 is 9.64 Å². The van der Waals surface area contributed by atoms with E-state index >= 15 is 0 Å². The van der Waals surface area contributed by atoms with Crippen LogP contribution in [-0.4, -0.2) is 38.6 Å². The normalized spacial score (nSPS) is 19.6. The molecular formula is C19H21F2N3O5S. The van der Waals surface area contributed by atoms with Gasteiger partial charge in [0.25, 0.3) is 15.7 Å². The third kappa shape index (κ3) is 4.51. The highest BCUT2D eigenvalue weighted by Crippen LogP contribution is 2.29. The summed E-state index contributed by atoms with van der Waals surface area (Å²) in [5.41, 5.74) is -0.598. The molecule has 0 radical (unpaired) electrons. The van der Waals surface area contributed by atoms with E-state index < -0.39 is 37.2 Å². The second-order valence-corrected chi connectivity index (χ2v) is 8.92. The molecule has 1 aliphatic rings. The maximum absolute atomic E-state index is 14.7. The Bertz CT molecular complexity index is 1080. The predicted octanol–water partition coefficient (Wildman–Crippen LogP) is 3.60. The Morgan fingerprint density at radius 1 is 1.17 bits per heavy atom. The summed E-state index contributed by atoms with van der Waals surface area (Å²) in [6.07, 6.45) is -0.183. The summed E-state index contributed by atoms with van der Waals surface area (Å²) in [5.74, 6) is -1.77. The van der Waals surface area contributed by atoms with Crippen molar-refractivity contribution >= 4 is 27.1 Å². The van der Waals surface area contributed by atoms with Gasteiger partial charge >= 0.3 is 0 Å². The highest BCUT2D eigenvalue weighted by molar-refractivity contribution is 7.92. The SMILES string of the molecule is Cc1cc([N+](=O)[O-])cc(S(=O)(=O)Nc2ccc(N3CC(C)OC(C)C3)c(F)c2)c1F. The van der Waals surface area contributed by atoms with Gasteiger partial charge in [0.05, 0.1) is 28.5 Å². The molecule has 2 atom stereocenters. The Labute approximate surface area is 172 Å². The molecule has 1 heterocycles. The first-order valence-electron chi connectivity index (χ1n) is 9.15. The summed E-state index contributed by atoms with van der Waals surface area (Å²) in [5, 5.41) is 11.0. The van der Waals surface area contributed by atoms with Gasteiger partial charge in [-0.25, -0.2) is 17.2 Å². The number of halogens is 2. The van der Waals surface area contributed by atoms with E-state index in [1.807, 2.05) is 13.8 Å². The number of nitrogens with zero attached hydrogens (tertiary/aromatic N) is 2. The molecule has 162 valence electrons. The first-order valence-corrected chi connectivity index (χ1v) is 10.6. The van der Waals surface area contributed by atoms with Gasteiger partial charge in [-0.3, -0.25) is 14.8 Å². The molecular weight excluding hydrogens is 420 g/mol. The Kier molecular flexibility index (Phi) is 5.95. The number of nitro benzene ring substituents is 1. The van der Waals surface area contributed by atoms with Crippen LogP contribution >= 0.6 is 0 Å². The minimum absolute atomic E-state index is 0.0913. The van der Waals surface area contributed by atoms with Crippen LogP contribution < -0.4 is 9.62 Å². The molecule has 0 spiro atoms. The van der Waals surface area contributed by atoms with Crippen LogP contribution in [0.2, 0.25) is 0 Å². The number of nitro groups is 1. The lowest BCUT2D eigenvalue weighted by atomic mass is 10.2. The number of rotatable bonds is 5. The van der Waals surface area contributed by atoms with Crippen molar-refractivity contribution in [2.75, 3.05) is 22.7 Å². The number of non-ortho nitro benzene ring substituents is 1. The number of hydrogen-bond acceptors (Lipinski definition) is 6. The van der Waals surface area contributed by atoms with E-state index in [1.54, 1.807) is 4.90 Å². The van der Waals surface area contributed by atoms with Crippen molar-refractivity contribution in [3.63, 3.8) is 0 Å². The monoisotopic (exact) mass is 441 g/mol. The number of hydrogen-bond donors (Lipinski definition) is 1. The van der Waals surface area contributed by atoms with E-state index in [9.17, 15) is 27.3 Å². The van der Waals surface area contributed by atoms with E-state index in [2.05, 4.69) is 4.72 Å². The highest BCUT2D eigenvalue weighted by Gasteiger charge is 2.27. The van der Waals surface area contributed by atoms with Crippen LogP contribution in [0, 0.1) is 28.7 Å². The van der Waals surface area contributed by atoms with Crippen molar-refractivity contribution < 1.29 is 26.9 Å². The number of ether oxygens (including phenoxy) is 1. The van der Waals surface area contributed by atoms with Crippen molar-refractivity contribution in [2.45, 2.75) is 37.9 Å². The quantitative estimate of drug-likeness (QED) is 0.562. The molecule has 30 heavy (non-hydrogen) atoms. The lowest BCUT2D eigenvalue weighted by molar-refractivity contribution is -0.385. The summed E-state index contributed by atoms with van der Waals surface area (Å²) in [4.78, 5) is 11.1. The number of sulfonamides is 1. The Hall–Kier alpha value is -2.79. The summed E-state index contributed by atoms with van der Waals surface area (Å²) in [7, 11) is -4.52. The second kappa shape index (κ2) is 8.15. The molecule has 3 rings (SSSR count). The zero-order valence-electron chi connectivity index (χ0n) is 16.6. The minimum Gasteiger partial charge on any atom is -0.372 e. The zero-order valence-corrected chi connectivity index (χ0v) is 17.4. The topological polar surface area (TPSA) is 102 Å². The zero-order chi connectivity index (χ0) is 22.2. The van der Waals surface area contributed by atoms with Crippen molar-refractivity contribution in [3.05, 3.63) is 57.6 Å². The molecule has 1 saturated heterocycles. The molecule has 1 fully saturated rings. The number of nitrogens with one attached hydrogen (secondary N) is 1. The lowest BCUT2D eigenvalue weighted by Gasteiger charge is -2.37. The summed E-state index contributed by atoms with van der Waals surface area (Å²) >= 11 is 0. The Morgan fingerprint density at radius 2 is 1.80 bits per heavy atom. The summed E-state index contributed by atoms with van der Waals surface area (Å²) in [6, 6.07) is 5.33. The number of aryl methyl sites for hydroxylation is 1. The molecule has 8 nitrogen and oxygen atoms in total. The van der Waals surface area contributed by atoms with Crippen LogP contribution in [0.3, 0.4) is 0 Å². The maximum Gasteiger partial charge on any atom is 0.271 e. The predicted molar refractivity (Wildman–Crippen MR) is 107 cm³/mol. The Morgan fingerprint density at radius 3 is 2.37 bits per heavy atom. The Balaban J connectivity index is 1.90. The van der Waals surface area contributed by atoms with Crippen LogP contribution in [0.5, 0.6) is 0 Å². The molecule has 0 aromatic heterocycles. The standard InChI is InChI=1S/C19H21F2N3O5S/c1-11-6-15(24(25)26)8-18(19(11)21)30(27,28)22-14-4-5-17(16(20)7-14)23-9-12(2)29-13(3)10-23/h4-8,12-13,22H,9-10H2,1-3H3. The summed E-state index contributed by atoms with van der Waals surface area (Å²) < 4.78 is 62.0. The van der Waals surface area contributed by atoms with E-state index in [1.165, 1.54) is 19.1 Å². The first kappa shape index (κ1) is 21.9. The van der Waals surface area contributed by atoms with Crippen LogP contribution in [0.25, 0.3) is 0 Å². The van der Waals surface area contributed by atoms with Crippen molar-refractivity contribution in [3.8, 4) is 0 Å². The molecule has 2 aromatic carbocycles.